The molecule has 0 saturated carbocycles. The molecule has 2 N–H and O–H groups in total. The normalized spacial score (nSPS) is 11.2. The van der Waals surface area contributed by atoms with Gasteiger partial charge in [0.2, 0.25) is 0 Å². The lowest BCUT2D eigenvalue weighted by atomic mass is 10.0. The van der Waals surface area contributed by atoms with Crippen LogP contribution in [0.1, 0.15) is 49.0 Å². The molecule has 0 aliphatic carbocycles. The first-order valence-corrected chi connectivity index (χ1v) is 20.5. The monoisotopic (exact) mass is 1250 g/mol. The molecule has 0 unspecified atom stereocenters. The van der Waals surface area contributed by atoms with E-state index in [0.29, 0.717) is 13.0 Å². The maximum Gasteiger partial charge on any atom is 0.305 e. The van der Waals surface area contributed by atoms with Gasteiger partial charge in [0.1, 0.15) is 27.7 Å². The zero-order chi connectivity index (χ0) is 41.2. The van der Waals surface area contributed by atoms with Crippen molar-refractivity contribution in [3.05, 3.63) is 145 Å². The van der Waals surface area contributed by atoms with Crippen LogP contribution in [0.4, 0.5) is 0 Å². The number of hydrogen-bond acceptors (Lipinski definition) is 4. The summed E-state index contributed by atoms with van der Waals surface area (Å²) in [6.45, 7) is 3.06. The lowest BCUT2D eigenvalue weighted by Gasteiger charge is -2.06. The number of nitrogens with zero attached hydrogens (tertiary/aromatic N) is 6. The summed E-state index contributed by atoms with van der Waals surface area (Å²) in [7, 11) is 6.08. The number of carbonyl (C=O) groups is 1. The minimum atomic E-state index is -0.137. The van der Waals surface area contributed by atoms with E-state index in [4.69, 9.17) is 14.7 Å². The van der Waals surface area contributed by atoms with Gasteiger partial charge in [-0.2, -0.15) is 0 Å². The van der Waals surface area contributed by atoms with E-state index < -0.39 is 0 Å². The number of halogens is 4. The highest BCUT2D eigenvalue weighted by Gasteiger charge is 2.21. The van der Waals surface area contributed by atoms with Gasteiger partial charge in [-0.3, -0.25) is 4.79 Å². The van der Waals surface area contributed by atoms with Gasteiger partial charge in [-0.25, -0.2) is 28.2 Å². The van der Waals surface area contributed by atoms with Crippen molar-refractivity contribution in [2.75, 3.05) is 6.61 Å². The van der Waals surface area contributed by atoms with Crippen LogP contribution < -0.4 is 107 Å². The quantitative estimate of drug-likeness (QED) is 0.0630. The van der Waals surface area contributed by atoms with Crippen LogP contribution in [-0.2, 0) is 37.2 Å². The Balaban J connectivity index is 0.00000193. The van der Waals surface area contributed by atoms with Gasteiger partial charge in [-0.05, 0) is 84.2 Å². The molecule has 0 fully saturated rings. The number of carbonyl (C=O) groups excluding carboxylic acids is 1. The van der Waals surface area contributed by atoms with Gasteiger partial charge in [0.15, 0.2) is 49.6 Å². The summed E-state index contributed by atoms with van der Waals surface area (Å²) in [5.41, 5.74) is 15.5. The molecule has 14 heteroatoms. The zero-order valence-corrected chi connectivity index (χ0v) is 44.0. The number of H-pyrrole nitrogens is 2. The maximum absolute atomic E-state index is 11.9. The summed E-state index contributed by atoms with van der Waals surface area (Å²) < 4.78 is 13.4. The summed E-state index contributed by atoms with van der Waals surface area (Å²) in [5.74, 6) is -0.137. The number of aromatic nitrogens is 8. The molecule has 64 heavy (non-hydrogen) atoms. The molecular formula is C50H48BrI3N8O2. The minimum Gasteiger partial charge on any atom is -1.00 e. The number of hydrogen-bond donors (Lipinski definition) is 2. The fraction of sp³-hybridized carbons (Fsp3) is 0.180. The van der Waals surface area contributed by atoms with Crippen LogP contribution in [-0.4, -0.2) is 32.5 Å². The largest absolute Gasteiger partial charge is 1.00 e. The number of fused-ring (bicyclic) bond motifs is 8. The Morgan fingerprint density at radius 2 is 0.844 bits per heavy atom. The summed E-state index contributed by atoms with van der Waals surface area (Å²) >= 11 is 0. The molecule has 2 aliphatic heterocycles. The topological polar surface area (TPSA) is 99.2 Å². The van der Waals surface area contributed by atoms with Crippen molar-refractivity contribution in [2.45, 2.75) is 32.7 Å². The van der Waals surface area contributed by atoms with E-state index in [2.05, 4.69) is 161 Å². The van der Waals surface area contributed by atoms with Gasteiger partial charge < -0.3 is 104 Å². The summed E-state index contributed by atoms with van der Waals surface area (Å²) in [6.07, 6.45) is 27.2. The zero-order valence-electron chi connectivity index (χ0n) is 35.9. The van der Waals surface area contributed by atoms with E-state index in [0.717, 1.165) is 109 Å². The van der Waals surface area contributed by atoms with Crippen LogP contribution in [0.3, 0.4) is 0 Å². The van der Waals surface area contributed by atoms with Crippen LogP contribution in [0.15, 0.2) is 122 Å². The van der Waals surface area contributed by atoms with Gasteiger partial charge in [-0.15, -0.1) is 0 Å². The Kier molecular flexibility index (Phi) is 17.7. The number of pyridine rings is 4. The molecule has 9 rings (SSSR count). The van der Waals surface area contributed by atoms with Crippen molar-refractivity contribution < 1.29 is 117 Å². The third kappa shape index (κ3) is 10.9. The molecule has 0 amide bonds. The molecule has 7 aromatic rings. The molecule has 0 saturated heterocycles. The standard InChI is InChI=1S/C50H47N8O2.BrH.3HI/c1-5-60-46(59)8-6-7-25-58-32-23-37(24-33-58)50-44-15-13-42(53-44)48(35-19-28-56(3)29-20-35)40-11-9-38(51-40)47(34-17-26-55(2)27-18-34)39-10-12-41(52-39)49(43-14-16-45(50)54-43)36-21-30-57(4)31-22-36;;;;/h9-24,26-33H,5-8,25H2,1-4H3,(H,51,52,53,54);4*1H/q+3;;;;/p-3. The fourth-order valence-corrected chi connectivity index (χ4v) is 7.99. The second kappa shape index (κ2) is 22.5. The van der Waals surface area contributed by atoms with Crippen molar-refractivity contribution in [1.29, 1.82) is 0 Å². The van der Waals surface area contributed by atoms with Crippen LogP contribution in [0.2, 0.25) is 0 Å². The van der Waals surface area contributed by atoms with Crippen molar-refractivity contribution in [1.82, 2.24) is 19.9 Å². The Morgan fingerprint density at radius 1 is 0.500 bits per heavy atom. The van der Waals surface area contributed by atoms with E-state index in [1.807, 2.05) is 41.8 Å². The molecular weight excluding hydrogens is 1210 g/mol. The average Bonchev–Trinajstić information content (AvgIpc) is 4.10. The predicted molar refractivity (Wildman–Crippen MR) is 235 cm³/mol. The lowest BCUT2D eigenvalue weighted by molar-refractivity contribution is -0.697. The molecule has 0 radical (unpaired) electrons. The van der Waals surface area contributed by atoms with Gasteiger partial charge in [-0.1, -0.05) is 0 Å². The number of rotatable bonds is 10. The average molecular weight is 1250 g/mol. The van der Waals surface area contributed by atoms with Crippen LogP contribution >= 0.6 is 0 Å². The lowest BCUT2D eigenvalue weighted by Crippen LogP contribution is -3.00. The first-order chi connectivity index (χ1) is 29.3. The Morgan fingerprint density at radius 3 is 1.25 bits per heavy atom. The molecule has 7 aromatic heterocycles. The first kappa shape index (κ1) is 50.3. The van der Waals surface area contributed by atoms with Crippen molar-refractivity contribution in [3.8, 4) is 44.5 Å². The Labute approximate surface area is 435 Å². The highest BCUT2D eigenvalue weighted by atomic mass is 127. The van der Waals surface area contributed by atoms with Gasteiger partial charge in [0.05, 0.1) is 29.4 Å². The van der Waals surface area contributed by atoms with E-state index in [1.165, 1.54) is 0 Å². The van der Waals surface area contributed by atoms with Gasteiger partial charge in [0, 0.05) is 106 Å². The highest BCUT2D eigenvalue weighted by Crippen LogP contribution is 2.38. The fourth-order valence-electron chi connectivity index (χ4n) is 7.99. The summed E-state index contributed by atoms with van der Waals surface area (Å²) in [5, 5.41) is 0. The molecule has 0 aromatic carbocycles. The summed E-state index contributed by atoms with van der Waals surface area (Å²) in [6, 6.07) is 25.8. The predicted octanol–water partition coefficient (Wildman–Crippen LogP) is -4.17. The number of aromatic amines is 2. The van der Waals surface area contributed by atoms with Gasteiger partial charge >= 0.3 is 5.97 Å². The minimum absolute atomic E-state index is 0. The Hall–Kier alpha value is -4.66. The number of unbranched alkanes of at least 4 members (excludes halogenated alkanes) is 1. The maximum atomic E-state index is 11.9. The van der Waals surface area contributed by atoms with Crippen LogP contribution in [0, 0.1) is 0 Å². The van der Waals surface area contributed by atoms with Crippen LogP contribution in [0.5, 0.6) is 0 Å². The molecule has 0 spiro atoms. The molecule has 8 bridgehead atoms. The number of ether oxygens (including phenoxy) is 1. The number of nitrogens with one attached hydrogen (secondary N) is 2. The van der Waals surface area contributed by atoms with Gasteiger partial charge in [0.25, 0.3) is 0 Å². The first-order valence-electron chi connectivity index (χ1n) is 20.5. The smallest absolute Gasteiger partial charge is 0.305 e. The number of aryl methyl sites for hydroxylation is 4. The third-order valence-electron chi connectivity index (χ3n) is 11.1. The summed E-state index contributed by atoms with van der Waals surface area (Å²) in [4.78, 5) is 30.4. The second-order valence-corrected chi connectivity index (χ2v) is 15.3. The molecule has 2 aliphatic rings. The third-order valence-corrected chi connectivity index (χ3v) is 11.1. The second-order valence-electron chi connectivity index (χ2n) is 15.3. The Bertz CT molecular complexity index is 2840. The highest BCUT2D eigenvalue weighted by molar-refractivity contribution is 6.00. The SMILES string of the molecule is CCOC(=O)CCCC[n+]1ccc(-c2c3ccc([nH]3)c(-c3cc[n+](C)cc3)c3nc(c(-c4cc[n+](C)cc4)c4nc(c(-c5cc[n+](C)cc5)c5ccc2[nH]5)C=C4)C=C3)cc1.[Br-].[I-].[I-].[I-]. The van der Waals surface area contributed by atoms with E-state index in [9.17, 15) is 4.79 Å². The van der Waals surface area contributed by atoms with Crippen molar-refractivity contribution in [3.63, 3.8) is 0 Å². The van der Waals surface area contributed by atoms with Crippen molar-refractivity contribution in [2.24, 2.45) is 21.1 Å². The van der Waals surface area contributed by atoms with E-state index in [1.54, 1.807) is 0 Å². The van der Waals surface area contributed by atoms with Crippen molar-refractivity contribution >= 4 is 52.3 Å². The van der Waals surface area contributed by atoms with E-state index >= 15 is 0 Å². The van der Waals surface area contributed by atoms with Crippen LogP contribution in [0.25, 0.3) is 90.9 Å². The molecule has 0 atom stereocenters. The number of esters is 1. The van der Waals surface area contributed by atoms with E-state index in [-0.39, 0.29) is 94.9 Å². The molecule has 9 heterocycles. The molecule has 10 nitrogen and oxygen atoms in total. The molecule has 328 valence electrons.